The van der Waals surface area contributed by atoms with E-state index in [1.54, 1.807) is 20.8 Å². The van der Waals surface area contributed by atoms with Gasteiger partial charge in [-0.3, -0.25) is 4.79 Å². The Kier molecular flexibility index (Phi) is 6.35. The van der Waals surface area contributed by atoms with Crippen molar-refractivity contribution in [3.63, 3.8) is 0 Å². The van der Waals surface area contributed by atoms with Crippen molar-refractivity contribution in [2.24, 2.45) is 5.41 Å². The van der Waals surface area contributed by atoms with E-state index in [1.165, 1.54) is 6.92 Å². The molecule has 0 heterocycles. The van der Waals surface area contributed by atoms with Crippen LogP contribution in [0.5, 0.6) is 5.75 Å². The lowest BCUT2D eigenvalue weighted by Gasteiger charge is -2.22. The fourth-order valence-electron chi connectivity index (χ4n) is 2.36. The van der Waals surface area contributed by atoms with Gasteiger partial charge in [0.05, 0.1) is 5.41 Å². The molecule has 1 aliphatic carbocycles. The molecular formula is C21H20F4O4. The first-order chi connectivity index (χ1) is 13.3. The number of ether oxygens (including phenoxy) is 2. The average molecular weight is 412 g/mol. The lowest BCUT2D eigenvalue weighted by atomic mass is 9.94. The quantitative estimate of drug-likeness (QED) is 0.276. The van der Waals surface area contributed by atoms with Gasteiger partial charge in [0, 0.05) is 12.0 Å². The van der Waals surface area contributed by atoms with Crippen molar-refractivity contribution >= 4 is 17.5 Å². The Hall–Kier alpha value is -2.90. The van der Waals surface area contributed by atoms with Crippen LogP contribution in [0.25, 0.3) is 5.57 Å². The van der Waals surface area contributed by atoms with Gasteiger partial charge >= 0.3 is 11.9 Å². The molecule has 2 rings (SSSR count). The number of hydrogen-bond donors (Lipinski definition) is 0. The molecule has 0 aromatic heterocycles. The van der Waals surface area contributed by atoms with E-state index in [4.69, 9.17) is 4.74 Å². The van der Waals surface area contributed by atoms with E-state index >= 15 is 0 Å². The summed E-state index contributed by atoms with van der Waals surface area (Å²) in [5, 5.41) is 0. The normalized spacial score (nSPS) is 14.8. The molecule has 0 N–H and O–H groups in total. The zero-order valence-corrected chi connectivity index (χ0v) is 16.4. The Balaban J connectivity index is 2.39. The van der Waals surface area contributed by atoms with Crippen molar-refractivity contribution in [1.29, 1.82) is 0 Å². The van der Waals surface area contributed by atoms with Crippen LogP contribution in [0.4, 0.5) is 17.6 Å². The van der Waals surface area contributed by atoms with E-state index in [0.29, 0.717) is 0 Å². The van der Waals surface area contributed by atoms with Crippen LogP contribution in [0.1, 0.15) is 46.1 Å². The molecular weight excluding hydrogens is 392 g/mol. The SMILES string of the molecule is C=C(C)C(=O)Oc1c(F)cc(C2=C(F)C(F)=C(OC(=O)C(C)(C)C)CC2)cc1F. The van der Waals surface area contributed by atoms with Gasteiger partial charge in [0.25, 0.3) is 0 Å². The summed E-state index contributed by atoms with van der Waals surface area (Å²) in [5.74, 6) is -8.50. The topological polar surface area (TPSA) is 52.6 Å². The van der Waals surface area contributed by atoms with Crippen LogP contribution >= 0.6 is 0 Å². The van der Waals surface area contributed by atoms with Crippen molar-refractivity contribution in [3.05, 3.63) is 58.9 Å². The number of hydrogen-bond acceptors (Lipinski definition) is 4. The summed E-state index contributed by atoms with van der Waals surface area (Å²) in [4.78, 5) is 23.4. The van der Waals surface area contributed by atoms with Crippen LogP contribution in [0.15, 0.2) is 41.7 Å². The van der Waals surface area contributed by atoms with E-state index in [-0.39, 0.29) is 29.6 Å². The molecule has 0 saturated carbocycles. The van der Waals surface area contributed by atoms with Gasteiger partial charge in [-0.2, -0.15) is 4.39 Å². The molecule has 0 spiro atoms. The maximum absolute atomic E-state index is 14.5. The van der Waals surface area contributed by atoms with E-state index < -0.39 is 52.2 Å². The van der Waals surface area contributed by atoms with Crippen molar-refractivity contribution in [2.75, 3.05) is 0 Å². The molecule has 1 aromatic carbocycles. The zero-order valence-electron chi connectivity index (χ0n) is 16.4. The third kappa shape index (κ3) is 4.93. The number of benzene rings is 1. The van der Waals surface area contributed by atoms with Crippen molar-refractivity contribution in [2.45, 2.75) is 40.5 Å². The van der Waals surface area contributed by atoms with E-state index in [0.717, 1.165) is 12.1 Å². The summed E-state index contributed by atoms with van der Waals surface area (Å²) >= 11 is 0. The molecule has 0 aliphatic heterocycles. The first-order valence-electron chi connectivity index (χ1n) is 8.70. The minimum Gasteiger partial charge on any atom is -0.427 e. The van der Waals surface area contributed by atoms with Crippen LogP contribution in [-0.4, -0.2) is 11.9 Å². The Morgan fingerprint density at radius 2 is 1.52 bits per heavy atom. The molecule has 0 saturated heterocycles. The standard InChI is InChI=1S/C21H20F4O4/c1-10(2)19(26)29-18-13(22)8-11(9-14(18)23)12-6-7-15(17(25)16(12)24)28-20(27)21(3,4)5/h8-9H,1,6-7H2,2-5H3. The molecule has 0 radical (unpaired) electrons. The fourth-order valence-corrected chi connectivity index (χ4v) is 2.36. The minimum absolute atomic E-state index is 0.0709. The lowest BCUT2D eigenvalue weighted by Crippen LogP contribution is -2.23. The minimum atomic E-state index is -1.40. The summed E-state index contributed by atoms with van der Waals surface area (Å²) in [5.41, 5.74) is -1.55. The molecule has 1 aliphatic rings. The van der Waals surface area contributed by atoms with Gasteiger partial charge in [0.1, 0.15) is 5.76 Å². The fraction of sp³-hybridized carbons (Fsp3) is 0.333. The summed E-state index contributed by atoms with van der Waals surface area (Å²) in [6, 6.07) is 1.47. The highest BCUT2D eigenvalue weighted by molar-refractivity contribution is 5.89. The third-order valence-corrected chi connectivity index (χ3v) is 4.02. The van der Waals surface area contributed by atoms with Gasteiger partial charge in [-0.25, -0.2) is 18.0 Å². The van der Waals surface area contributed by atoms with Gasteiger partial charge in [-0.1, -0.05) is 6.58 Å². The Bertz CT molecular complexity index is 929. The second-order valence-corrected chi connectivity index (χ2v) is 7.61. The predicted octanol–water partition coefficient (Wildman–Crippen LogP) is 5.69. The van der Waals surface area contributed by atoms with Crippen LogP contribution in [0.2, 0.25) is 0 Å². The van der Waals surface area contributed by atoms with Gasteiger partial charge < -0.3 is 9.47 Å². The maximum Gasteiger partial charge on any atom is 0.338 e. The average Bonchev–Trinajstić information content (AvgIpc) is 2.60. The zero-order chi connectivity index (χ0) is 22.1. The third-order valence-electron chi connectivity index (χ3n) is 4.02. The number of esters is 2. The lowest BCUT2D eigenvalue weighted by molar-refractivity contribution is -0.149. The second kappa shape index (κ2) is 8.23. The summed E-state index contributed by atoms with van der Waals surface area (Å²) < 4.78 is 66.9. The molecule has 4 nitrogen and oxygen atoms in total. The highest BCUT2D eigenvalue weighted by Crippen LogP contribution is 2.40. The van der Waals surface area contributed by atoms with E-state index in [2.05, 4.69) is 11.3 Å². The summed E-state index contributed by atoms with van der Waals surface area (Å²) in [7, 11) is 0. The van der Waals surface area contributed by atoms with Crippen LogP contribution < -0.4 is 4.74 Å². The van der Waals surface area contributed by atoms with Gasteiger partial charge in [-0.15, -0.1) is 0 Å². The highest BCUT2D eigenvalue weighted by Gasteiger charge is 2.31. The first kappa shape index (κ1) is 22.4. The molecule has 8 heteroatoms. The number of halogens is 4. The molecule has 0 unspecified atom stereocenters. The molecule has 156 valence electrons. The molecule has 0 amide bonds. The van der Waals surface area contributed by atoms with Gasteiger partial charge in [0.15, 0.2) is 23.3 Å². The Morgan fingerprint density at radius 1 is 0.966 bits per heavy atom. The van der Waals surface area contributed by atoms with Crippen LogP contribution in [-0.2, 0) is 14.3 Å². The summed E-state index contributed by atoms with van der Waals surface area (Å²) in [6.07, 6.45) is -0.332. The number of rotatable bonds is 4. The van der Waals surface area contributed by atoms with Crippen LogP contribution in [0, 0.1) is 17.0 Å². The molecule has 0 fully saturated rings. The van der Waals surface area contributed by atoms with Gasteiger partial charge in [0.2, 0.25) is 5.75 Å². The highest BCUT2D eigenvalue weighted by atomic mass is 19.2. The van der Waals surface area contributed by atoms with E-state index in [9.17, 15) is 27.2 Å². The molecule has 29 heavy (non-hydrogen) atoms. The van der Waals surface area contributed by atoms with Crippen molar-refractivity contribution in [3.8, 4) is 5.75 Å². The smallest absolute Gasteiger partial charge is 0.338 e. The maximum atomic E-state index is 14.5. The van der Waals surface area contributed by atoms with Crippen LogP contribution in [0.3, 0.4) is 0 Å². The summed E-state index contributed by atoms with van der Waals surface area (Å²) in [6.45, 7) is 9.28. The molecule has 0 atom stereocenters. The Morgan fingerprint density at radius 3 is 2.00 bits per heavy atom. The predicted molar refractivity (Wildman–Crippen MR) is 97.8 cm³/mol. The number of carbonyl (C=O) groups excluding carboxylic acids is 2. The van der Waals surface area contributed by atoms with E-state index in [1.807, 2.05) is 0 Å². The van der Waals surface area contributed by atoms with Crippen molar-refractivity contribution in [1.82, 2.24) is 0 Å². The number of allylic oxidation sites excluding steroid dienone is 4. The number of carbonyl (C=O) groups is 2. The monoisotopic (exact) mass is 412 g/mol. The largest absolute Gasteiger partial charge is 0.427 e. The Labute approximate surface area is 165 Å². The first-order valence-corrected chi connectivity index (χ1v) is 8.70. The second-order valence-electron chi connectivity index (χ2n) is 7.61. The van der Waals surface area contributed by atoms with Gasteiger partial charge in [-0.05, 0) is 57.4 Å². The van der Waals surface area contributed by atoms with Crippen molar-refractivity contribution < 1.29 is 36.6 Å². The molecule has 0 bridgehead atoms. The molecule has 1 aromatic rings.